The van der Waals surface area contributed by atoms with Crippen molar-refractivity contribution in [3.8, 4) is 0 Å². The van der Waals surface area contributed by atoms with Crippen LogP contribution < -0.4 is 5.56 Å². The second kappa shape index (κ2) is 2.49. The van der Waals surface area contributed by atoms with Gasteiger partial charge in [-0.1, -0.05) is 0 Å². The predicted molar refractivity (Wildman–Crippen MR) is 41.4 cm³/mol. The molecule has 2 rings (SSSR count). The summed E-state index contributed by atoms with van der Waals surface area (Å²) in [5.41, 5.74) is 0.0738. The first-order valence-corrected chi connectivity index (χ1v) is 3.90. The fourth-order valence-corrected chi connectivity index (χ4v) is 1.30. The summed E-state index contributed by atoms with van der Waals surface area (Å²) < 4.78 is 1.73. The number of rotatable bonds is 1. The zero-order chi connectivity index (χ0) is 7.68. The van der Waals surface area contributed by atoms with Crippen LogP contribution in [0.3, 0.4) is 0 Å². The molecular formula is C8H10N2O. The van der Waals surface area contributed by atoms with Crippen molar-refractivity contribution in [2.24, 2.45) is 0 Å². The third-order valence-electron chi connectivity index (χ3n) is 2.22. The highest BCUT2D eigenvalue weighted by atomic mass is 16.1. The lowest BCUT2D eigenvalue weighted by molar-refractivity contribution is 0.303. The summed E-state index contributed by atoms with van der Waals surface area (Å²) in [4.78, 5) is 15.1. The first-order chi connectivity index (χ1) is 5.38. The molecule has 0 aliphatic heterocycles. The second-order valence-corrected chi connectivity index (χ2v) is 2.91. The molecule has 1 heterocycles. The SMILES string of the molecule is O=c1ccncn1C1CCC1. The normalized spacial score (nSPS) is 17.8. The molecule has 0 radical (unpaired) electrons. The van der Waals surface area contributed by atoms with Crippen LogP contribution in [0.5, 0.6) is 0 Å². The Balaban J connectivity index is 2.36. The van der Waals surface area contributed by atoms with Crippen LogP contribution in [0.2, 0.25) is 0 Å². The topological polar surface area (TPSA) is 34.9 Å². The van der Waals surface area contributed by atoms with Crippen LogP contribution >= 0.6 is 0 Å². The zero-order valence-electron chi connectivity index (χ0n) is 6.23. The molecule has 1 aromatic heterocycles. The summed E-state index contributed by atoms with van der Waals surface area (Å²) in [5.74, 6) is 0. The quantitative estimate of drug-likeness (QED) is 0.597. The Bertz CT molecular complexity index is 301. The van der Waals surface area contributed by atoms with Crippen LogP contribution in [0.25, 0.3) is 0 Å². The van der Waals surface area contributed by atoms with Gasteiger partial charge in [0.15, 0.2) is 0 Å². The van der Waals surface area contributed by atoms with Gasteiger partial charge in [0, 0.05) is 18.3 Å². The minimum Gasteiger partial charge on any atom is -0.296 e. The van der Waals surface area contributed by atoms with Crippen molar-refractivity contribution in [2.45, 2.75) is 25.3 Å². The van der Waals surface area contributed by atoms with Crippen molar-refractivity contribution in [2.75, 3.05) is 0 Å². The van der Waals surface area contributed by atoms with Gasteiger partial charge in [-0.15, -0.1) is 0 Å². The van der Waals surface area contributed by atoms with E-state index in [9.17, 15) is 4.79 Å². The molecule has 0 spiro atoms. The Morgan fingerprint density at radius 2 is 2.36 bits per heavy atom. The Kier molecular flexibility index (Phi) is 1.49. The number of hydrogen-bond donors (Lipinski definition) is 0. The molecule has 0 amide bonds. The molecule has 1 fully saturated rings. The molecule has 0 unspecified atom stereocenters. The lowest BCUT2D eigenvalue weighted by atomic mass is 9.93. The predicted octanol–water partition coefficient (Wildman–Crippen LogP) is 0.968. The summed E-state index contributed by atoms with van der Waals surface area (Å²) in [6, 6.07) is 1.94. The largest absolute Gasteiger partial charge is 0.296 e. The minimum absolute atomic E-state index is 0.0738. The van der Waals surface area contributed by atoms with Crippen LogP contribution in [-0.4, -0.2) is 9.55 Å². The Labute approximate surface area is 64.7 Å². The molecule has 0 saturated heterocycles. The van der Waals surface area contributed by atoms with Crippen LogP contribution in [0.4, 0.5) is 0 Å². The molecule has 1 aliphatic rings. The molecule has 3 nitrogen and oxygen atoms in total. The van der Waals surface area contributed by atoms with Gasteiger partial charge in [-0.05, 0) is 19.3 Å². The van der Waals surface area contributed by atoms with E-state index in [4.69, 9.17) is 0 Å². The van der Waals surface area contributed by atoms with Gasteiger partial charge in [-0.2, -0.15) is 0 Å². The number of nitrogens with zero attached hydrogens (tertiary/aromatic N) is 2. The maximum atomic E-state index is 11.2. The second-order valence-electron chi connectivity index (χ2n) is 2.91. The summed E-state index contributed by atoms with van der Waals surface area (Å²) in [7, 11) is 0. The molecule has 1 aliphatic carbocycles. The first kappa shape index (κ1) is 6.58. The van der Waals surface area contributed by atoms with E-state index >= 15 is 0 Å². The van der Waals surface area contributed by atoms with Crippen molar-refractivity contribution in [3.63, 3.8) is 0 Å². The van der Waals surface area contributed by atoms with E-state index in [0.717, 1.165) is 12.8 Å². The highest BCUT2D eigenvalue weighted by molar-refractivity contribution is 4.88. The minimum atomic E-state index is 0.0738. The number of hydrogen-bond acceptors (Lipinski definition) is 2. The van der Waals surface area contributed by atoms with Gasteiger partial charge in [0.2, 0.25) is 0 Å². The number of aromatic nitrogens is 2. The van der Waals surface area contributed by atoms with Gasteiger partial charge in [-0.25, -0.2) is 4.98 Å². The third kappa shape index (κ3) is 1.06. The molecule has 0 atom stereocenters. The molecule has 11 heavy (non-hydrogen) atoms. The average molecular weight is 150 g/mol. The van der Waals surface area contributed by atoms with Gasteiger partial charge < -0.3 is 0 Å². The maximum absolute atomic E-state index is 11.2. The summed E-state index contributed by atoms with van der Waals surface area (Å²) >= 11 is 0. The summed E-state index contributed by atoms with van der Waals surface area (Å²) in [6.07, 6.45) is 6.67. The van der Waals surface area contributed by atoms with E-state index in [1.165, 1.54) is 18.7 Å². The van der Waals surface area contributed by atoms with Crippen LogP contribution in [0, 0.1) is 0 Å². The van der Waals surface area contributed by atoms with Crippen LogP contribution in [-0.2, 0) is 0 Å². The van der Waals surface area contributed by atoms with Gasteiger partial charge in [0.1, 0.15) is 0 Å². The zero-order valence-corrected chi connectivity index (χ0v) is 6.23. The average Bonchev–Trinajstić information content (AvgIpc) is 1.90. The van der Waals surface area contributed by atoms with Crippen molar-refractivity contribution < 1.29 is 0 Å². The van der Waals surface area contributed by atoms with E-state index in [0.29, 0.717) is 6.04 Å². The van der Waals surface area contributed by atoms with E-state index in [1.807, 2.05) is 0 Å². The van der Waals surface area contributed by atoms with E-state index in [2.05, 4.69) is 4.98 Å². The lowest BCUT2D eigenvalue weighted by Crippen LogP contribution is -2.28. The summed E-state index contributed by atoms with van der Waals surface area (Å²) in [5, 5.41) is 0. The maximum Gasteiger partial charge on any atom is 0.253 e. The van der Waals surface area contributed by atoms with Gasteiger partial charge >= 0.3 is 0 Å². The molecule has 0 N–H and O–H groups in total. The molecule has 1 aromatic rings. The van der Waals surface area contributed by atoms with Crippen LogP contribution in [0.1, 0.15) is 25.3 Å². The first-order valence-electron chi connectivity index (χ1n) is 3.90. The van der Waals surface area contributed by atoms with Gasteiger partial charge in [0.05, 0.1) is 6.33 Å². The molecule has 1 saturated carbocycles. The Morgan fingerprint density at radius 3 is 2.91 bits per heavy atom. The highest BCUT2D eigenvalue weighted by Gasteiger charge is 2.19. The van der Waals surface area contributed by atoms with Crippen molar-refractivity contribution >= 4 is 0 Å². The van der Waals surface area contributed by atoms with Gasteiger partial charge in [-0.3, -0.25) is 9.36 Å². The van der Waals surface area contributed by atoms with E-state index in [1.54, 1.807) is 10.9 Å². The smallest absolute Gasteiger partial charge is 0.253 e. The van der Waals surface area contributed by atoms with Crippen molar-refractivity contribution in [1.82, 2.24) is 9.55 Å². The standard InChI is InChI=1S/C8H10N2O/c11-8-4-5-9-6-10(8)7-2-1-3-7/h4-7H,1-3H2. The Hall–Kier alpha value is -1.12. The summed E-state index contributed by atoms with van der Waals surface area (Å²) in [6.45, 7) is 0. The Morgan fingerprint density at radius 1 is 1.55 bits per heavy atom. The molecule has 3 heteroatoms. The van der Waals surface area contributed by atoms with E-state index < -0.39 is 0 Å². The monoisotopic (exact) mass is 150 g/mol. The van der Waals surface area contributed by atoms with Crippen molar-refractivity contribution in [1.29, 1.82) is 0 Å². The van der Waals surface area contributed by atoms with E-state index in [-0.39, 0.29) is 5.56 Å². The molecule has 0 aromatic carbocycles. The third-order valence-corrected chi connectivity index (χ3v) is 2.22. The lowest BCUT2D eigenvalue weighted by Gasteiger charge is -2.26. The van der Waals surface area contributed by atoms with Crippen molar-refractivity contribution in [3.05, 3.63) is 28.9 Å². The highest BCUT2D eigenvalue weighted by Crippen LogP contribution is 2.29. The molecule has 58 valence electrons. The fraction of sp³-hybridized carbons (Fsp3) is 0.500. The van der Waals surface area contributed by atoms with Gasteiger partial charge in [0.25, 0.3) is 5.56 Å². The molecular weight excluding hydrogens is 140 g/mol. The molecule has 0 bridgehead atoms. The van der Waals surface area contributed by atoms with Crippen LogP contribution in [0.15, 0.2) is 23.4 Å². The fourth-order valence-electron chi connectivity index (χ4n) is 1.30.